The minimum absolute atomic E-state index is 0. The number of hydrogen-bond donors (Lipinski definition) is 2. The highest BCUT2D eigenvalue weighted by atomic mass is 35.5. The van der Waals surface area contributed by atoms with Crippen molar-refractivity contribution in [3.63, 3.8) is 0 Å². The lowest BCUT2D eigenvalue weighted by atomic mass is 9.88. The van der Waals surface area contributed by atoms with Gasteiger partial charge in [-0.05, 0) is 60.2 Å². The summed E-state index contributed by atoms with van der Waals surface area (Å²) in [6.07, 6.45) is 3.36. The maximum absolute atomic E-state index is 6.01. The lowest BCUT2D eigenvalue weighted by Crippen LogP contribution is -2.34. The second kappa shape index (κ2) is 7.17. The number of nitrogen functional groups attached to an aromatic ring is 1. The van der Waals surface area contributed by atoms with Crippen molar-refractivity contribution >= 4 is 29.7 Å². The molecule has 3 rings (SSSR count). The Morgan fingerprint density at radius 3 is 2.81 bits per heavy atom. The van der Waals surface area contributed by atoms with E-state index in [4.69, 9.17) is 17.3 Å². The van der Waals surface area contributed by atoms with Gasteiger partial charge in [-0.1, -0.05) is 29.8 Å². The molecule has 0 aromatic heterocycles. The first kappa shape index (κ1) is 16.2. The Hall–Kier alpha value is -1.22. The molecule has 21 heavy (non-hydrogen) atoms. The third kappa shape index (κ3) is 4.13. The Labute approximate surface area is 137 Å². The van der Waals surface area contributed by atoms with Crippen LogP contribution in [0.25, 0.3) is 0 Å². The smallest absolute Gasteiger partial charge is 0.0409 e. The Morgan fingerprint density at radius 2 is 2.00 bits per heavy atom. The van der Waals surface area contributed by atoms with E-state index >= 15 is 0 Å². The monoisotopic (exact) mass is 322 g/mol. The normalized spacial score (nSPS) is 16.9. The fourth-order valence-corrected chi connectivity index (χ4v) is 3.07. The number of benzene rings is 2. The molecule has 1 aliphatic rings. The average Bonchev–Trinajstić information content (AvgIpc) is 2.45. The Kier molecular flexibility index (Phi) is 5.51. The van der Waals surface area contributed by atoms with E-state index in [2.05, 4.69) is 23.5 Å². The molecule has 2 aromatic rings. The van der Waals surface area contributed by atoms with Gasteiger partial charge in [0.1, 0.15) is 0 Å². The van der Waals surface area contributed by atoms with E-state index in [-0.39, 0.29) is 12.4 Å². The molecular formula is C17H20Cl2N2. The summed E-state index contributed by atoms with van der Waals surface area (Å²) in [7, 11) is 0. The van der Waals surface area contributed by atoms with Crippen molar-refractivity contribution in [1.82, 2.24) is 5.32 Å². The van der Waals surface area contributed by atoms with Gasteiger partial charge in [0.15, 0.2) is 0 Å². The van der Waals surface area contributed by atoms with Gasteiger partial charge < -0.3 is 11.1 Å². The van der Waals surface area contributed by atoms with Crippen LogP contribution in [0.2, 0.25) is 5.02 Å². The Balaban J connectivity index is 0.00000161. The van der Waals surface area contributed by atoms with E-state index in [9.17, 15) is 0 Å². The van der Waals surface area contributed by atoms with Crippen LogP contribution in [0.15, 0.2) is 42.5 Å². The average molecular weight is 323 g/mol. The number of hydrogen-bond acceptors (Lipinski definition) is 2. The molecule has 1 atom stereocenters. The van der Waals surface area contributed by atoms with Gasteiger partial charge in [-0.3, -0.25) is 0 Å². The van der Waals surface area contributed by atoms with Crippen LogP contribution in [0.5, 0.6) is 0 Å². The van der Waals surface area contributed by atoms with Gasteiger partial charge in [0.25, 0.3) is 0 Å². The topological polar surface area (TPSA) is 38.0 Å². The summed E-state index contributed by atoms with van der Waals surface area (Å²) in [5.41, 5.74) is 10.8. The van der Waals surface area contributed by atoms with E-state index in [1.807, 2.05) is 24.3 Å². The number of halogens is 2. The third-order valence-electron chi connectivity index (χ3n) is 3.94. The highest BCUT2D eigenvalue weighted by Gasteiger charge is 2.18. The fourth-order valence-electron chi connectivity index (χ4n) is 2.86. The molecule has 0 heterocycles. The van der Waals surface area contributed by atoms with Crippen molar-refractivity contribution in [2.75, 3.05) is 5.73 Å². The SMILES string of the molecule is Cl.Nc1ccc2c(c1)CC(NCc1cccc(Cl)c1)CC2. The predicted octanol–water partition coefficient (Wildman–Crippen LogP) is 3.99. The molecular weight excluding hydrogens is 303 g/mol. The minimum Gasteiger partial charge on any atom is -0.399 e. The zero-order valence-corrected chi connectivity index (χ0v) is 13.4. The molecule has 2 aromatic carbocycles. The highest BCUT2D eigenvalue weighted by Crippen LogP contribution is 2.23. The number of aryl methyl sites for hydroxylation is 1. The van der Waals surface area contributed by atoms with Gasteiger partial charge >= 0.3 is 0 Å². The summed E-state index contributed by atoms with van der Waals surface area (Å²) in [4.78, 5) is 0. The fraction of sp³-hybridized carbons (Fsp3) is 0.294. The highest BCUT2D eigenvalue weighted by molar-refractivity contribution is 6.30. The van der Waals surface area contributed by atoms with Crippen molar-refractivity contribution in [2.45, 2.75) is 31.8 Å². The molecule has 1 unspecified atom stereocenters. The summed E-state index contributed by atoms with van der Waals surface area (Å²) < 4.78 is 0. The summed E-state index contributed by atoms with van der Waals surface area (Å²) in [5.74, 6) is 0. The quantitative estimate of drug-likeness (QED) is 0.838. The number of nitrogens with one attached hydrogen (secondary N) is 1. The number of anilines is 1. The van der Waals surface area contributed by atoms with Crippen LogP contribution < -0.4 is 11.1 Å². The molecule has 0 saturated carbocycles. The first-order valence-electron chi connectivity index (χ1n) is 7.06. The maximum Gasteiger partial charge on any atom is 0.0409 e. The lowest BCUT2D eigenvalue weighted by Gasteiger charge is -2.26. The second-order valence-corrected chi connectivity index (χ2v) is 5.92. The summed E-state index contributed by atoms with van der Waals surface area (Å²) in [5, 5.41) is 4.42. The predicted molar refractivity (Wildman–Crippen MR) is 92.2 cm³/mol. The van der Waals surface area contributed by atoms with Gasteiger partial charge in [-0.25, -0.2) is 0 Å². The van der Waals surface area contributed by atoms with Crippen molar-refractivity contribution in [3.8, 4) is 0 Å². The minimum atomic E-state index is 0. The largest absolute Gasteiger partial charge is 0.399 e. The van der Waals surface area contributed by atoms with E-state index < -0.39 is 0 Å². The van der Waals surface area contributed by atoms with Crippen molar-refractivity contribution in [3.05, 3.63) is 64.2 Å². The number of fused-ring (bicyclic) bond motifs is 1. The van der Waals surface area contributed by atoms with E-state index in [0.717, 1.165) is 30.1 Å². The molecule has 4 heteroatoms. The first-order chi connectivity index (χ1) is 9.70. The van der Waals surface area contributed by atoms with Gasteiger partial charge in [-0.2, -0.15) is 0 Å². The second-order valence-electron chi connectivity index (χ2n) is 5.48. The third-order valence-corrected chi connectivity index (χ3v) is 4.18. The van der Waals surface area contributed by atoms with Crippen LogP contribution in [0, 0.1) is 0 Å². The Morgan fingerprint density at radius 1 is 1.14 bits per heavy atom. The first-order valence-corrected chi connectivity index (χ1v) is 7.43. The molecule has 112 valence electrons. The summed E-state index contributed by atoms with van der Waals surface area (Å²) in [6.45, 7) is 0.864. The molecule has 0 saturated heterocycles. The Bertz CT molecular complexity index is 613. The number of rotatable bonds is 3. The molecule has 1 aliphatic carbocycles. The molecule has 3 N–H and O–H groups in total. The van der Waals surface area contributed by atoms with E-state index in [1.54, 1.807) is 0 Å². The zero-order valence-electron chi connectivity index (χ0n) is 11.8. The van der Waals surface area contributed by atoms with Crippen molar-refractivity contribution < 1.29 is 0 Å². The van der Waals surface area contributed by atoms with Crippen molar-refractivity contribution in [2.24, 2.45) is 0 Å². The number of nitrogens with two attached hydrogens (primary N) is 1. The van der Waals surface area contributed by atoms with Crippen molar-refractivity contribution in [1.29, 1.82) is 0 Å². The van der Waals surface area contributed by atoms with Gasteiger partial charge in [0, 0.05) is 23.3 Å². The van der Waals surface area contributed by atoms with Gasteiger partial charge in [0.05, 0.1) is 0 Å². The summed E-state index contributed by atoms with van der Waals surface area (Å²) >= 11 is 6.01. The molecule has 0 fully saturated rings. The van der Waals surface area contributed by atoms with Crippen LogP contribution in [0.3, 0.4) is 0 Å². The van der Waals surface area contributed by atoms with E-state index in [1.165, 1.54) is 23.1 Å². The van der Waals surface area contributed by atoms with Gasteiger partial charge in [0.2, 0.25) is 0 Å². The van der Waals surface area contributed by atoms with E-state index in [0.29, 0.717) is 6.04 Å². The maximum atomic E-state index is 6.01. The zero-order chi connectivity index (χ0) is 13.9. The molecule has 0 amide bonds. The van der Waals surface area contributed by atoms with Crippen LogP contribution in [-0.2, 0) is 19.4 Å². The molecule has 0 spiro atoms. The van der Waals surface area contributed by atoms with Gasteiger partial charge in [-0.15, -0.1) is 12.4 Å². The van der Waals surface area contributed by atoms with Crippen LogP contribution in [0.4, 0.5) is 5.69 Å². The van der Waals surface area contributed by atoms with Crippen LogP contribution in [0.1, 0.15) is 23.1 Å². The van der Waals surface area contributed by atoms with Crippen LogP contribution in [-0.4, -0.2) is 6.04 Å². The standard InChI is InChI=1S/C17H19ClN2.ClH/c18-15-3-1-2-12(8-15)11-20-17-7-5-13-4-6-16(19)9-14(13)10-17;/h1-4,6,8-9,17,20H,5,7,10-11,19H2;1H. The molecule has 0 aliphatic heterocycles. The lowest BCUT2D eigenvalue weighted by molar-refractivity contribution is 0.458. The van der Waals surface area contributed by atoms with Crippen LogP contribution >= 0.6 is 24.0 Å². The molecule has 2 nitrogen and oxygen atoms in total. The molecule has 0 radical (unpaired) electrons. The summed E-state index contributed by atoms with van der Waals surface area (Å²) in [6, 6.07) is 14.8. The molecule has 0 bridgehead atoms.